The van der Waals surface area contributed by atoms with E-state index >= 15 is 0 Å². The van der Waals surface area contributed by atoms with Crippen molar-refractivity contribution in [2.45, 2.75) is 44.4 Å². The van der Waals surface area contributed by atoms with Gasteiger partial charge in [0.2, 0.25) is 0 Å². The maximum atomic E-state index is 6.06. The lowest BCUT2D eigenvalue weighted by atomic mass is 10.1. The molecule has 20 heavy (non-hydrogen) atoms. The zero-order valence-electron chi connectivity index (χ0n) is 11.5. The molecule has 4 nitrogen and oxygen atoms in total. The lowest BCUT2D eigenvalue weighted by Crippen LogP contribution is -2.05. The standard InChI is InChI=1S/C16H19N3O/c17-16-6-1-11-7-14(4-5-15(11)16)20-9-13-8-18-10-19(13)12-2-3-12/h4-5,7-8,10,12,16H,1-3,6,9,17H2. The molecule has 1 unspecified atom stereocenters. The van der Waals surface area contributed by atoms with Gasteiger partial charge in [-0.25, -0.2) is 4.98 Å². The molecule has 2 aromatic rings. The Morgan fingerprint density at radius 2 is 2.20 bits per heavy atom. The minimum absolute atomic E-state index is 0.204. The lowest BCUT2D eigenvalue weighted by Gasteiger charge is -2.11. The van der Waals surface area contributed by atoms with Crippen LogP contribution in [0.5, 0.6) is 5.75 Å². The molecule has 104 valence electrons. The van der Waals surface area contributed by atoms with Gasteiger partial charge in [-0.2, -0.15) is 0 Å². The van der Waals surface area contributed by atoms with Gasteiger partial charge in [-0.05, 0) is 48.9 Å². The van der Waals surface area contributed by atoms with Gasteiger partial charge in [0.25, 0.3) is 0 Å². The van der Waals surface area contributed by atoms with Crippen molar-refractivity contribution in [3.05, 3.63) is 47.5 Å². The Labute approximate surface area is 118 Å². The number of nitrogens with zero attached hydrogens (tertiary/aromatic N) is 2. The Bertz CT molecular complexity index is 630. The van der Waals surface area contributed by atoms with E-state index in [-0.39, 0.29) is 6.04 Å². The van der Waals surface area contributed by atoms with Crippen molar-refractivity contribution in [1.82, 2.24) is 9.55 Å². The molecule has 0 bridgehead atoms. The van der Waals surface area contributed by atoms with Crippen molar-refractivity contribution in [3.63, 3.8) is 0 Å². The van der Waals surface area contributed by atoms with E-state index in [9.17, 15) is 0 Å². The highest BCUT2D eigenvalue weighted by atomic mass is 16.5. The Morgan fingerprint density at radius 1 is 1.30 bits per heavy atom. The molecule has 1 atom stereocenters. The number of nitrogens with two attached hydrogens (primary N) is 1. The third-order valence-electron chi connectivity index (χ3n) is 4.31. The van der Waals surface area contributed by atoms with E-state index in [1.807, 2.05) is 18.6 Å². The molecule has 2 aliphatic rings. The van der Waals surface area contributed by atoms with E-state index in [0.29, 0.717) is 12.6 Å². The smallest absolute Gasteiger partial charge is 0.130 e. The second kappa shape index (κ2) is 4.63. The van der Waals surface area contributed by atoms with Crippen molar-refractivity contribution < 1.29 is 4.74 Å². The SMILES string of the molecule is NC1CCc2cc(OCc3cncn3C3CC3)ccc21. The molecule has 2 aliphatic carbocycles. The van der Waals surface area contributed by atoms with Crippen LogP contribution >= 0.6 is 0 Å². The van der Waals surface area contributed by atoms with Crippen LogP contribution in [-0.4, -0.2) is 9.55 Å². The number of ether oxygens (including phenoxy) is 1. The monoisotopic (exact) mass is 269 g/mol. The van der Waals surface area contributed by atoms with Crippen LogP contribution in [-0.2, 0) is 13.0 Å². The summed E-state index contributed by atoms with van der Waals surface area (Å²) in [7, 11) is 0. The van der Waals surface area contributed by atoms with E-state index in [1.54, 1.807) is 0 Å². The minimum Gasteiger partial charge on any atom is -0.487 e. The molecule has 4 rings (SSSR count). The molecule has 1 fully saturated rings. The summed E-state index contributed by atoms with van der Waals surface area (Å²) in [5.41, 5.74) is 9.83. The Kier molecular flexibility index (Phi) is 2.77. The first-order valence-electron chi connectivity index (χ1n) is 7.33. The molecular weight excluding hydrogens is 250 g/mol. The van der Waals surface area contributed by atoms with Gasteiger partial charge in [-0.15, -0.1) is 0 Å². The first-order valence-corrected chi connectivity index (χ1v) is 7.33. The summed E-state index contributed by atoms with van der Waals surface area (Å²) in [6.45, 7) is 0.585. The fraction of sp³-hybridized carbons (Fsp3) is 0.438. The molecule has 0 radical (unpaired) electrons. The summed E-state index contributed by atoms with van der Waals surface area (Å²) in [5, 5.41) is 0. The third-order valence-corrected chi connectivity index (χ3v) is 4.31. The molecule has 0 spiro atoms. The lowest BCUT2D eigenvalue weighted by molar-refractivity contribution is 0.294. The highest BCUT2D eigenvalue weighted by Crippen LogP contribution is 2.36. The highest BCUT2D eigenvalue weighted by Gasteiger charge is 2.25. The predicted octanol–water partition coefficient (Wildman–Crippen LogP) is 2.74. The molecule has 2 N–H and O–H groups in total. The molecule has 4 heteroatoms. The quantitative estimate of drug-likeness (QED) is 0.928. The summed E-state index contributed by atoms with van der Waals surface area (Å²) in [4.78, 5) is 4.23. The largest absolute Gasteiger partial charge is 0.487 e. The van der Waals surface area contributed by atoms with Crippen LogP contribution in [0.2, 0.25) is 0 Å². The van der Waals surface area contributed by atoms with Crippen molar-refractivity contribution in [1.29, 1.82) is 0 Å². The second-order valence-corrected chi connectivity index (χ2v) is 5.82. The van der Waals surface area contributed by atoms with Crippen LogP contribution in [0.1, 0.15) is 48.2 Å². The van der Waals surface area contributed by atoms with Crippen LogP contribution in [0.4, 0.5) is 0 Å². The highest BCUT2D eigenvalue weighted by molar-refractivity contribution is 5.40. The zero-order chi connectivity index (χ0) is 13.5. The van der Waals surface area contributed by atoms with Crippen molar-refractivity contribution in [2.24, 2.45) is 5.73 Å². The summed E-state index contributed by atoms with van der Waals surface area (Å²) < 4.78 is 8.17. The maximum absolute atomic E-state index is 6.06. The number of benzene rings is 1. The number of fused-ring (bicyclic) bond motifs is 1. The van der Waals surface area contributed by atoms with Crippen LogP contribution in [0, 0.1) is 0 Å². The number of aromatic nitrogens is 2. The molecular formula is C16H19N3O. The molecule has 0 amide bonds. The van der Waals surface area contributed by atoms with Crippen LogP contribution < -0.4 is 10.5 Å². The predicted molar refractivity (Wildman–Crippen MR) is 76.5 cm³/mol. The van der Waals surface area contributed by atoms with Gasteiger partial charge in [0.15, 0.2) is 0 Å². The van der Waals surface area contributed by atoms with Crippen LogP contribution in [0.3, 0.4) is 0 Å². The van der Waals surface area contributed by atoms with Crippen LogP contribution in [0.15, 0.2) is 30.7 Å². The van der Waals surface area contributed by atoms with E-state index in [2.05, 4.69) is 21.7 Å². The zero-order valence-corrected chi connectivity index (χ0v) is 11.5. The summed E-state index contributed by atoms with van der Waals surface area (Å²) >= 11 is 0. The molecule has 1 heterocycles. The van der Waals surface area contributed by atoms with E-state index in [1.165, 1.54) is 24.0 Å². The van der Waals surface area contributed by atoms with Gasteiger partial charge in [-0.3, -0.25) is 0 Å². The Hall–Kier alpha value is -1.81. The van der Waals surface area contributed by atoms with Gasteiger partial charge in [0.05, 0.1) is 18.2 Å². The Morgan fingerprint density at radius 3 is 3.05 bits per heavy atom. The molecule has 1 aromatic carbocycles. The summed E-state index contributed by atoms with van der Waals surface area (Å²) in [6, 6.07) is 7.13. The number of hydrogen-bond acceptors (Lipinski definition) is 3. The Balaban J connectivity index is 1.48. The average Bonchev–Trinajstić information content (AvgIpc) is 3.09. The number of rotatable bonds is 4. The summed E-state index contributed by atoms with van der Waals surface area (Å²) in [6.07, 6.45) is 8.46. The summed E-state index contributed by atoms with van der Waals surface area (Å²) in [5.74, 6) is 0.932. The van der Waals surface area contributed by atoms with Gasteiger partial charge in [-0.1, -0.05) is 6.07 Å². The first kappa shape index (κ1) is 12.0. The number of aryl methyl sites for hydroxylation is 1. The van der Waals surface area contributed by atoms with Crippen LogP contribution in [0.25, 0.3) is 0 Å². The van der Waals surface area contributed by atoms with Gasteiger partial charge >= 0.3 is 0 Å². The average molecular weight is 269 g/mol. The van der Waals surface area contributed by atoms with E-state index < -0.39 is 0 Å². The first-order chi connectivity index (χ1) is 9.81. The normalized spacial score (nSPS) is 20.9. The van der Waals surface area contributed by atoms with E-state index in [4.69, 9.17) is 10.5 Å². The van der Waals surface area contributed by atoms with Crippen molar-refractivity contribution in [2.75, 3.05) is 0 Å². The van der Waals surface area contributed by atoms with Gasteiger partial charge < -0.3 is 15.0 Å². The molecule has 0 aliphatic heterocycles. The van der Waals surface area contributed by atoms with Crippen molar-refractivity contribution >= 4 is 0 Å². The van der Waals surface area contributed by atoms with Gasteiger partial charge in [0.1, 0.15) is 12.4 Å². The number of imidazole rings is 1. The third kappa shape index (κ3) is 2.10. The number of hydrogen-bond donors (Lipinski definition) is 1. The molecule has 1 saturated carbocycles. The maximum Gasteiger partial charge on any atom is 0.130 e. The molecule has 1 aromatic heterocycles. The molecule has 0 saturated heterocycles. The topological polar surface area (TPSA) is 53.1 Å². The fourth-order valence-electron chi connectivity index (χ4n) is 3.00. The van der Waals surface area contributed by atoms with E-state index in [0.717, 1.165) is 24.3 Å². The fourth-order valence-corrected chi connectivity index (χ4v) is 3.00. The van der Waals surface area contributed by atoms with Gasteiger partial charge in [0, 0.05) is 12.1 Å². The minimum atomic E-state index is 0.204. The van der Waals surface area contributed by atoms with Crippen molar-refractivity contribution in [3.8, 4) is 5.75 Å². The second-order valence-electron chi connectivity index (χ2n) is 5.82.